The van der Waals surface area contributed by atoms with Crippen molar-refractivity contribution >= 4 is 17.5 Å². The van der Waals surface area contributed by atoms with E-state index >= 15 is 0 Å². The molecular weight excluding hydrogens is 312 g/mol. The number of amides is 2. The molecule has 0 bridgehead atoms. The van der Waals surface area contributed by atoms with Crippen molar-refractivity contribution in [1.82, 2.24) is 5.32 Å². The minimum atomic E-state index is -0.136. The van der Waals surface area contributed by atoms with Gasteiger partial charge in [0.15, 0.2) is 0 Å². The Morgan fingerprint density at radius 1 is 1.12 bits per heavy atom. The zero-order valence-electron chi connectivity index (χ0n) is 14.8. The summed E-state index contributed by atoms with van der Waals surface area (Å²) >= 11 is 0. The number of rotatable bonds is 4. The number of benzene rings is 2. The van der Waals surface area contributed by atoms with Gasteiger partial charge in [0.2, 0.25) is 0 Å². The summed E-state index contributed by atoms with van der Waals surface area (Å²) < 4.78 is 0. The monoisotopic (exact) mass is 336 g/mol. The van der Waals surface area contributed by atoms with Gasteiger partial charge in [-0.05, 0) is 56.0 Å². The Kier molecular flexibility index (Phi) is 5.17. The van der Waals surface area contributed by atoms with Gasteiger partial charge in [-0.25, -0.2) is 0 Å². The first-order chi connectivity index (χ1) is 12.1. The summed E-state index contributed by atoms with van der Waals surface area (Å²) in [5.41, 5.74) is 3.26. The quantitative estimate of drug-likeness (QED) is 0.923. The van der Waals surface area contributed by atoms with Gasteiger partial charge in [0, 0.05) is 29.4 Å². The summed E-state index contributed by atoms with van der Waals surface area (Å²) in [7, 11) is 0. The number of carbonyl (C=O) groups is 2. The highest BCUT2D eigenvalue weighted by molar-refractivity contribution is 6.08. The molecule has 1 heterocycles. The third-order valence-electron chi connectivity index (χ3n) is 4.72. The van der Waals surface area contributed by atoms with Crippen molar-refractivity contribution in [2.75, 3.05) is 11.4 Å². The highest BCUT2D eigenvalue weighted by Gasteiger charge is 2.23. The molecule has 3 rings (SSSR count). The van der Waals surface area contributed by atoms with Crippen molar-refractivity contribution < 1.29 is 9.59 Å². The lowest BCUT2D eigenvalue weighted by Gasteiger charge is -2.29. The molecule has 2 aromatic carbocycles. The molecule has 1 aliphatic rings. The number of carbonyl (C=O) groups excluding carboxylic acids is 2. The van der Waals surface area contributed by atoms with Crippen LogP contribution in [0, 0.1) is 0 Å². The fourth-order valence-electron chi connectivity index (χ4n) is 3.10. The van der Waals surface area contributed by atoms with Gasteiger partial charge in [-0.15, -0.1) is 0 Å². The minimum absolute atomic E-state index is 0.0506. The van der Waals surface area contributed by atoms with Crippen LogP contribution in [-0.2, 0) is 6.42 Å². The lowest BCUT2D eigenvalue weighted by Crippen LogP contribution is -2.36. The summed E-state index contributed by atoms with van der Waals surface area (Å²) in [6.07, 6.45) is 2.82. The zero-order chi connectivity index (χ0) is 17.8. The maximum absolute atomic E-state index is 13.0. The molecule has 25 heavy (non-hydrogen) atoms. The van der Waals surface area contributed by atoms with Crippen LogP contribution in [0.1, 0.15) is 53.0 Å². The van der Waals surface area contributed by atoms with Crippen molar-refractivity contribution in [1.29, 1.82) is 0 Å². The van der Waals surface area contributed by atoms with Crippen molar-refractivity contribution in [3.05, 3.63) is 65.2 Å². The highest BCUT2D eigenvalue weighted by atomic mass is 16.2. The molecule has 4 nitrogen and oxygen atoms in total. The number of aryl methyl sites for hydroxylation is 1. The first kappa shape index (κ1) is 17.2. The van der Waals surface area contributed by atoms with E-state index in [1.807, 2.05) is 36.9 Å². The first-order valence-electron chi connectivity index (χ1n) is 8.91. The Morgan fingerprint density at radius 3 is 2.68 bits per heavy atom. The summed E-state index contributed by atoms with van der Waals surface area (Å²) in [6.45, 7) is 4.70. The standard InChI is InChI=1S/C21H24N2O2/c1-3-15(2)22-20(24)17-9-6-10-18(14-17)21(25)23-13-7-11-16-8-4-5-12-19(16)23/h4-6,8-10,12,14-15H,3,7,11,13H2,1-2H3,(H,22,24). The van der Waals surface area contributed by atoms with Gasteiger partial charge >= 0.3 is 0 Å². The van der Waals surface area contributed by atoms with Gasteiger partial charge in [0.25, 0.3) is 11.8 Å². The summed E-state index contributed by atoms with van der Waals surface area (Å²) in [4.78, 5) is 27.2. The SMILES string of the molecule is CCC(C)NC(=O)c1cccc(C(=O)N2CCCc3ccccc32)c1. The number of hydrogen-bond donors (Lipinski definition) is 1. The molecule has 130 valence electrons. The maximum atomic E-state index is 13.0. The molecule has 0 aromatic heterocycles. The van der Waals surface area contributed by atoms with Gasteiger partial charge in [-0.3, -0.25) is 9.59 Å². The van der Waals surface area contributed by atoms with Crippen LogP contribution in [0.5, 0.6) is 0 Å². The third kappa shape index (κ3) is 3.73. The van der Waals surface area contributed by atoms with E-state index in [2.05, 4.69) is 11.4 Å². The van der Waals surface area contributed by atoms with Crippen molar-refractivity contribution in [3.63, 3.8) is 0 Å². The average Bonchev–Trinajstić information content (AvgIpc) is 2.67. The van der Waals surface area contributed by atoms with Crippen LogP contribution in [0.2, 0.25) is 0 Å². The zero-order valence-corrected chi connectivity index (χ0v) is 14.8. The predicted molar refractivity (Wildman–Crippen MR) is 100 cm³/mol. The van der Waals surface area contributed by atoms with Crippen LogP contribution in [0.4, 0.5) is 5.69 Å². The number of fused-ring (bicyclic) bond motifs is 1. The average molecular weight is 336 g/mol. The third-order valence-corrected chi connectivity index (χ3v) is 4.72. The van der Waals surface area contributed by atoms with Crippen LogP contribution >= 0.6 is 0 Å². The number of hydrogen-bond acceptors (Lipinski definition) is 2. The Hall–Kier alpha value is -2.62. The van der Waals surface area contributed by atoms with Gasteiger partial charge in [0.05, 0.1) is 0 Å². The Balaban J connectivity index is 1.84. The van der Waals surface area contributed by atoms with Crippen LogP contribution < -0.4 is 10.2 Å². The predicted octanol–water partition coefficient (Wildman–Crippen LogP) is 3.81. The summed E-state index contributed by atoms with van der Waals surface area (Å²) in [5, 5.41) is 2.94. The van der Waals surface area contributed by atoms with Gasteiger partial charge in [0.1, 0.15) is 0 Å². The van der Waals surface area contributed by atoms with Crippen molar-refractivity contribution in [2.45, 2.75) is 39.2 Å². The van der Waals surface area contributed by atoms with E-state index in [-0.39, 0.29) is 17.9 Å². The molecule has 0 aliphatic carbocycles. The van der Waals surface area contributed by atoms with E-state index in [9.17, 15) is 9.59 Å². The van der Waals surface area contributed by atoms with Crippen LogP contribution in [0.15, 0.2) is 48.5 Å². The first-order valence-corrected chi connectivity index (χ1v) is 8.91. The van der Waals surface area contributed by atoms with E-state index in [0.29, 0.717) is 17.7 Å². The Bertz CT molecular complexity index is 785. The number of nitrogens with zero attached hydrogens (tertiary/aromatic N) is 1. The lowest BCUT2D eigenvalue weighted by atomic mass is 10.0. The molecule has 0 saturated heterocycles. The molecule has 0 spiro atoms. The van der Waals surface area contributed by atoms with Crippen LogP contribution in [0.25, 0.3) is 0 Å². The van der Waals surface area contributed by atoms with Gasteiger partial charge in [-0.2, -0.15) is 0 Å². The fourth-order valence-corrected chi connectivity index (χ4v) is 3.10. The highest BCUT2D eigenvalue weighted by Crippen LogP contribution is 2.28. The van der Waals surface area contributed by atoms with E-state index in [0.717, 1.165) is 24.9 Å². The summed E-state index contributed by atoms with van der Waals surface area (Å²) in [6, 6.07) is 15.1. The fraction of sp³-hybridized carbons (Fsp3) is 0.333. The lowest BCUT2D eigenvalue weighted by molar-refractivity contribution is 0.0939. The number of anilines is 1. The molecule has 1 atom stereocenters. The molecule has 1 unspecified atom stereocenters. The van der Waals surface area contributed by atoms with Gasteiger partial charge < -0.3 is 10.2 Å². The molecular formula is C21H24N2O2. The molecule has 1 N–H and O–H groups in total. The van der Waals surface area contributed by atoms with Crippen molar-refractivity contribution in [2.24, 2.45) is 0 Å². The number of nitrogens with one attached hydrogen (secondary N) is 1. The topological polar surface area (TPSA) is 49.4 Å². The molecule has 1 aliphatic heterocycles. The van der Waals surface area contributed by atoms with E-state index < -0.39 is 0 Å². The minimum Gasteiger partial charge on any atom is -0.350 e. The number of para-hydroxylation sites is 1. The van der Waals surface area contributed by atoms with Gasteiger partial charge in [-0.1, -0.05) is 31.2 Å². The Morgan fingerprint density at radius 2 is 1.88 bits per heavy atom. The Labute approximate surface area is 148 Å². The van der Waals surface area contributed by atoms with E-state index in [1.54, 1.807) is 24.3 Å². The largest absolute Gasteiger partial charge is 0.350 e. The second kappa shape index (κ2) is 7.51. The van der Waals surface area contributed by atoms with E-state index in [4.69, 9.17) is 0 Å². The smallest absolute Gasteiger partial charge is 0.258 e. The van der Waals surface area contributed by atoms with Crippen LogP contribution in [0.3, 0.4) is 0 Å². The van der Waals surface area contributed by atoms with Crippen LogP contribution in [-0.4, -0.2) is 24.4 Å². The molecule has 0 fully saturated rings. The summed E-state index contributed by atoms with van der Waals surface area (Å²) in [5.74, 6) is -0.187. The normalized spacial score (nSPS) is 14.6. The van der Waals surface area contributed by atoms with E-state index in [1.165, 1.54) is 5.56 Å². The second-order valence-electron chi connectivity index (χ2n) is 6.55. The van der Waals surface area contributed by atoms with Crippen molar-refractivity contribution in [3.8, 4) is 0 Å². The second-order valence-corrected chi connectivity index (χ2v) is 6.55. The molecule has 0 saturated carbocycles. The molecule has 2 amide bonds. The molecule has 4 heteroatoms. The molecule has 0 radical (unpaired) electrons. The maximum Gasteiger partial charge on any atom is 0.258 e. The molecule has 2 aromatic rings.